The van der Waals surface area contributed by atoms with Crippen molar-refractivity contribution in [2.45, 2.75) is 20.8 Å². The molecule has 0 spiro atoms. The van der Waals surface area contributed by atoms with Crippen LogP contribution in [-0.2, 0) is 16.6 Å². The number of amides is 2. The van der Waals surface area contributed by atoms with Crippen LogP contribution in [0.2, 0.25) is 0 Å². The van der Waals surface area contributed by atoms with Gasteiger partial charge in [-0.1, -0.05) is 19.1 Å². The van der Waals surface area contributed by atoms with Gasteiger partial charge < -0.3 is 15.4 Å². The molecule has 27 heavy (non-hydrogen) atoms. The summed E-state index contributed by atoms with van der Waals surface area (Å²) in [5, 5.41) is 10.00. The summed E-state index contributed by atoms with van der Waals surface area (Å²) in [5.74, 6) is 0.207. The van der Waals surface area contributed by atoms with Crippen molar-refractivity contribution in [3.05, 3.63) is 35.7 Å². The molecule has 0 bridgehead atoms. The molecule has 1 heterocycles. The topological polar surface area (TPSA) is 88.5 Å². The van der Waals surface area contributed by atoms with Crippen molar-refractivity contribution >= 4 is 23.2 Å². The molecule has 0 aliphatic rings. The summed E-state index contributed by atoms with van der Waals surface area (Å²) < 4.78 is 6.96. The lowest BCUT2D eigenvalue weighted by atomic mass is 10.3. The first kappa shape index (κ1) is 20.4. The van der Waals surface area contributed by atoms with Crippen LogP contribution in [0.1, 0.15) is 18.3 Å². The highest BCUT2D eigenvalue weighted by Crippen LogP contribution is 2.23. The number of carbonyl (C=O) groups excluding carboxylic acids is 2. The van der Waals surface area contributed by atoms with Crippen LogP contribution in [0.5, 0.6) is 5.75 Å². The van der Waals surface area contributed by atoms with E-state index in [2.05, 4.69) is 15.7 Å². The number of ether oxygens (including phenoxy) is 1. The second-order valence-electron chi connectivity index (χ2n) is 6.27. The first-order valence-electron chi connectivity index (χ1n) is 8.81. The second-order valence-corrected chi connectivity index (χ2v) is 6.27. The highest BCUT2D eigenvalue weighted by atomic mass is 16.5. The van der Waals surface area contributed by atoms with Crippen molar-refractivity contribution < 1.29 is 14.3 Å². The monoisotopic (exact) mass is 373 g/mol. The number of hydrogen-bond donors (Lipinski definition) is 2. The van der Waals surface area contributed by atoms with Crippen LogP contribution >= 0.6 is 0 Å². The highest BCUT2D eigenvalue weighted by molar-refractivity contribution is 5.95. The minimum Gasteiger partial charge on any atom is -0.495 e. The number of anilines is 2. The summed E-state index contributed by atoms with van der Waals surface area (Å²) in [6.45, 7) is 6.44. The van der Waals surface area contributed by atoms with E-state index < -0.39 is 0 Å². The average Bonchev–Trinajstić information content (AvgIpc) is 2.87. The standard InChI is InChI=1S/C19H27N5O3/c1-6-24(11-17(25)20-15-9-7-8-10-16(15)27-5)12-18(26)21-19-13(2)22-23(4)14(19)3/h7-10H,6,11-12H2,1-5H3,(H,20,25)(H,21,26). The van der Waals surface area contributed by atoms with Crippen LogP contribution in [0.3, 0.4) is 0 Å². The van der Waals surface area contributed by atoms with Gasteiger partial charge in [0.2, 0.25) is 11.8 Å². The Morgan fingerprint density at radius 1 is 1.15 bits per heavy atom. The van der Waals surface area contributed by atoms with Crippen LogP contribution < -0.4 is 15.4 Å². The van der Waals surface area contributed by atoms with E-state index in [0.717, 1.165) is 17.1 Å². The number of rotatable bonds is 8. The quantitative estimate of drug-likeness (QED) is 0.738. The first-order valence-corrected chi connectivity index (χ1v) is 8.81. The SMILES string of the molecule is CCN(CC(=O)Nc1ccccc1OC)CC(=O)Nc1c(C)nn(C)c1C. The molecule has 2 amide bonds. The van der Waals surface area contributed by atoms with E-state index in [0.29, 0.717) is 18.0 Å². The smallest absolute Gasteiger partial charge is 0.238 e. The van der Waals surface area contributed by atoms with Crippen LogP contribution in [0.25, 0.3) is 0 Å². The van der Waals surface area contributed by atoms with E-state index in [1.807, 2.05) is 40.0 Å². The van der Waals surface area contributed by atoms with Gasteiger partial charge in [0.05, 0.1) is 43.0 Å². The molecule has 0 fully saturated rings. The molecule has 0 unspecified atom stereocenters. The van der Waals surface area contributed by atoms with Crippen molar-refractivity contribution in [1.82, 2.24) is 14.7 Å². The van der Waals surface area contributed by atoms with Crippen LogP contribution in [0, 0.1) is 13.8 Å². The molecule has 1 aromatic carbocycles. The number of para-hydroxylation sites is 2. The minimum atomic E-state index is -0.206. The molecule has 8 heteroatoms. The number of nitrogens with one attached hydrogen (secondary N) is 2. The summed E-state index contributed by atoms with van der Waals surface area (Å²) in [6, 6.07) is 7.20. The molecule has 2 rings (SSSR count). The van der Waals surface area contributed by atoms with Gasteiger partial charge in [0.25, 0.3) is 0 Å². The lowest BCUT2D eigenvalue weighted by molar-refractivity contribution is -0.119. The van der Waals surface area contributed by atoms with Crippen molar-refractivity contribution in [3.8, 4) is 5.75 Å². The second kappa shape index (κ2) is 9.18. The number of aromatic nitrogens is 2. The molecular formula is C19H27N5O3. The molecule has 2 aromatic rings. The summed E-state index contributed by atoms with van der Waals surface area (Å²) in [4.78, 5) is 26.5. The number of aryl methyl sites for hydroxylation is 2. The molecule has 0 saturated carbocycles. The Labute approximate surface area is 159 Å². The number of methoxy groups -OCH3 is 1. The van der Waals surface area contributed by atoms with Crippen LogP contribution in [-0.4, -0.2) is 53.2 Å². The van der Waals surface area contributed by atoms with E-state index in [1.165, 1.54) is 0 Å². The third-order valence-electron chi connectivity index (χ3n) is 4.34. The zero-order valence-corrected chi connectivity index (χ0v) is 16.5. The van der Waals surface area contributed by atoms with Crippen LogP contribution in [0.4, 0.5) is 11.4 Å². The Morgan fingerprint density at radius 3 is 2.33 bits per heavy atom. The molecule has 0 radical (unpaired) electrons. The van der Waals surface area contributed by atoms with Crippen molar-refractivity contribution in [2.75, 3.05) is 37.4 Å². The third-order valence-corrected chi connectivity index (χ3v) is 4.34. The number of nitrogens with zero attached hydrogens (tertiary/aromatic N) is 3. The summed E-state index contributed by atoms with van der Waals surface area (Å²) in [5.41, 5.74) is 2.97. The predicted molar refractivity (Wildman–Crippen MR) is 105 cm³/mol. The Bertz CT molecular complexity index is 816. The largest absolute Gasteiger partial charge is 0.495 e. The summed E-state index contributed by atoms with van der Waals surface area (Å²) >= 11 is 0. The van der Waals surface area contributed by atoms with Gasteiger partial charge in [-0.3, -0.25) is 19.2 Å². The minimum absolute atomic E-state index is 0.104. The van der Waals surface area contributed by atoms with Crippen LogP contribution in [0.15, 0.2) is 24.3 Å². The maximum Gasteiger partial charge on any atom is 0.238 e. The summed E-state index contributed by atoms with van der Waals surface area (Å²) in [6.07, 6.45) is 0. The first-order chi connectivity index (χ1) is 12.8. The van der Waals surface area contributed by atoms with Gasteiger partial charge in [-0.05, 0) is 32.5 Å². The van der Waals surface area contributed by atoms with E-state index in [-0.39, 0.29) is 24.9 Å². The van der Waals surface area contributed by atoms with E-state index in [4.69, 9.17) is 4.74 Å². The normalized spacial score (nSPS) is 10.7. The molecule has 0 aliphatic carbocycles. The zero-order valence-electron chi connectivity index (χ0n) is 16.5. The predicted octanol–water partition coefficient (Wildman–Crippen LogP) is 1.94. The van der Waals surface area contributed by atoms with Gasteiger partial charge in [-0.25, -0.2) is 0 Å². The van der Waals surface area contributed by atoms with Crippen molar-refractivity contribution in [3.63, 3.8) is 0 Å². The number of benzene rings is 1. The van der Waals surface area contributed by atoms with Gasteiger partial charge >= 0.3 is 0 Å². The maximum absolute atomic E-state index is 12.4. The number of hydrogen-bond acceptors (Lipinski definition) is 5. The Morgan fingerprint density at radius 2 is 1.78 bits per heavy atom. The molecule has 1 aromatic heterocycles. The zero-order chi connectivity index (χ0) is 20.0. The highest BCUT2D eigenvalue weighted by Gasteiger charge is 2.17. The van der Waals surface area contributed by atoms with Gasteiger partial charge in [-0.2, -0.15) is 5.10 Å². The molecular weight excluding hydrogens is 346 g/mol. The number of likely N-dealkylation sites (N-methyl/N-ethyl adjacent to an activating group) is 1. The third kappa shape index (κ3) is 5.30. The fourth-order valence-corrected chi connectivity index (χ4v) is 2.76. The molecule has 0 saturated heterocycles. The number of carbonyl (C=O) groups is 2. The van der Waals surface area contributed by atoms with Gasteiger partial charge in [-0.15, -0.1) is 0 Å². The molecule has 8 nitrogen and oxygen atoms in total. The van der Waals surface area contributed by atoms with E-state index >= 15 is 0 Å². The van der Waals surface area contributed by atoms with Gasteiger partial charge in [0, 0.05) is 7.05 Å². The van der Waals surface area contributed by atoms with E-state index in [1.54, 1.807) is 28.8 Å². The molecule has 2 N–H and O–H groups in total. The molecule has 0 aliphatic heterocycles. The summed E-state index contributed by atoms with van der Waals surface area (Å²) in [7, 11) is 3.38. The Balaban J connectivity index is 1.94. The average molecular weight is 373 g/mol. The lowest BCUT2D eigenvalue weighted by Crippen LogP contribution is -2.38. The van der Waals surface area contributed by atoms with E-state index in [9.17, 15) is 9.59 Å². The van der Waals surface area contributed by atoms with Crippen molar-refractivity contribution in [2.24, 2.45) is 7.05 Å². The molecule has 0 atom stereocenters. The van der Waals surface area contributed by atoms with Gasteiger partial charge in [0.1, 0.15) is 5.75 Å². The Hall–Kier alpha value is -2.87. The molecule has 146 valence electrons. The fraction of sp³-hybridized carbons (Fsp3) is 0.421. The fourth-order valence-electron chi connectivity index (χ4n) is 2.76. The maximum atomic E-state index is 12.4. The Kier molecular flexibility index (Phi) is 6.95. The van der Waals surface area contributed by atoms with Gasteiger partial charge in [0.15, 0.2) is 0 Å². The van der Waals surface area contributed by atoms with Crippen molar-refractivity contribution in [1.29, 1.82) is 0 Å². The lowest BCUT2D eigenvalue weighted by Gasteiger charge is -2.20.